The fourth-order valence-corrected chi connectivity index (χ4v) is 4.58. The Morgan fingerprint density at radius 3 is 2.32 bits per heavy atom. The number of ether oxygens (including phenoxy) is 2. The van der Waals surface area contributed by atoms with E-state index in [4.69, 9.17) is 4.74 Å². The molecule has 0 saturated carbocycles. The number of carbonyl (C=O) groups excluding carboxylic acids is 1. The van der Waals surface area contributed by atoms with Crippen LogP contribution in [0.3, 0.4) is 0 Å². The van der Waals surface area contributed by atoms with Gasteiger partial charge in [-0.05, 0) is 35.9 Å². The summed E-state index contributed by atoms with van der Waals surface area (Å²) < 4.78 is 61.2. The molecule has 10 heteroatoms. The molecular formula is C21H26F2N2O5S. The number of amides is 1. The van der Waals surface area contributed by atoms with Gasteiger partial charge < -0.3 is 14.4 Å². The fraction of sp³-hybridized carbons (Fsp3) is 0.381. The van der Waals surface area contributed by atoms with Gasteiger partial charge in [0, 0.05) is 32.2 Å². The lowest BCUT2D eigenvalue weighted by atomic mass is 10.1. The third-order valence-corrected chi connectivity index (χ3v) is 6.68. The Labute approximate surface area is 181 Å². The molecule has 0 aliphatic rings. The van der Waals surface area contributed by atoms with Crippen molar-refractivity contribution in [2.24, 2.45) is 0 Å². The van der Waals surface area contributed by atoms with Gasteiger partial charge in [0.25, 0.3) is 5.91 Å². The molecule has 0 bridgehead atoms. The number of nitrogens with zero attached hydrogens (tertiary/aromatic N) is 2. The molecule has 2 aromatic carbocycles. The summed E-state index contributed by atoms with van der Waals surface area (Å²) in [6.07, 6.45) is 0. The zero-order chi connectivity index (χ0) is 23.2. The van der Waals surface area contributed by atoms with Crippen molar-refractivity contribution in [3.05, 3.63) is 53.6 Å². The standard InChI is InChI=1S/C21H26F2N2O5S/c1-5-25(6-2)31(27,28)17-9-7-8-16(13-17)20(26)24(3)14-15-10-11-18(30-21(22)23)19(12-15)29-4/h7-13,21H,5-6,14H2,1-4H3. The summed E-state index contributed by atoms with van der Waals surface area (Å²) >= 11 is 0. The first-order chi connectivity index (χ1) is 14.6. The van der Waals surface area contributed by atoms with Gasteiger partial charge in [-0.3, -0.25) is 4.79 Å². The number of methoxy groups -OCH3 is 1. The monoisotopic (exact) mass is 456 g/mol. The first kappa shape index (κ1) is 24.5. The Morgan fingerprint density at radius 1 is 1.06 bits per heavy atom. The highest BCUT2D eigenvalue weighted by atomic mass is 32.2. The van der Waals surface area contributed by atoms with Gasteiger partial charge in [-0.15, -0.1) is 0 Å². The van der Waals surface area contributed by atoms with E-state index in [9.17, 15) is 22.0 Å². The first-order valence-corrected chi connectivity index (χ1v) is 11.0. The molecule has 170 valence electrons. The number of sulfonamides is 1. The zero-order valence-electron chi connectivity index (χ0n) is 17.8. The zero-order valence-corrected chi connectivity index (χ0v) is 18.7. The van der Waals surface area contributed by atoms with Gasteiger partial charge in [-0.25, -0.2) is 8.42 Å². The average molecular weight is 457 g/mol. The van der Waals surface area contributed by atoms with Crippen LogP contribution in [0.15, 0.2) is 47.4 Å². The molecule has 0 saturated heterocycles. The Kier molecular flexibility index (Phi) is 8.35. The minimum Gasteiger partial charge on any atom is -0.493 e. The Bertz CT molecular complexity index is 1010. The van der Waals surface area contributed by atoms with Crippen molar-refractivity contribution in [3.63, 3.8) is 0 Å². The van der Waals surface area contributed by atoms with E-state index in [0.717, 1.165) is 0 Å². The average Bonchev–Trinajstić information content (AvgIpc) is 2.74. The van der Waals surface area contributed by atoms with Crippen molar-refractivity contribution in [1.29, 1.82) is 0 Å². The highest BCUT2D eigenvalue weighted by Crippen LogP contribution is 2.30. The van der Waals surface area contributed by atoms with Gasteiger partial charge in [0.2, 0.25) is 10.0 Å². The smallest absolute Gasteiger partial charge is 0.387 e. The minimum atomic E-state index is -3.69. The van der Waals surface area contributed by atoms with Crippen LogP contribution in [0.1, 0.15) is 29.8 Å². The van der Waals surface area contributed by atoms with Crippen LogP contribution in [0, 0.1) is 0 Å². The van der Waals surface area contributed by atoms with Crippen molar-refractivity contribution < 1.29 is 31.5 Å². The molecule has 2 rings (SSSR count). The predicted molar refractivity (Wildman–Crippen MR) is 112 cm³/mol. The molecule has 0 atom stereocenters. The molecular weight excluding hydrogens is 430 g/mol. The number of carbonyl (C=O) groups is 1. The van der Waals surface area contributed by atoms with Crippen molar-refractivity contribution in [3.8, 4) is 11.5 Å². The van der Waals surface area contributed by atoms with E-state index >= 15 is 0 Å². The molecule has 0 spiro atoms. The quantitative estimate of drug-likeness (QED) is 0.546. The second-order valence-electron chi connectivity index (χ2n) is 6.64. The second kappa shape index (κ2) is 10.5. The van der Waals surface area contributed by atoms with E-state index in [2.05, 4.69) is 4.74 Å². The number of hydrogen-bond acceptors (Lipinski definition) is 5. The summed E-state index contributed by atoms with van der Waals surface area (Å²) in [5.41, 5.74) is 0.849. The molecule has 1 amide bonds. The molecule has 0 aromatic heterocycles. The van der Waals surface area contributed by atoms with Crippen molar-refractivity contribution >= 4 is 15.9 Å². The van der Waals surface area contributed by atoms with Crippen molar-refractivity contribution in [2.45, 2.75) is 31.9 Å². The maximum absolute atomic E-state index is 12.9. The van der Waals surface area contributed by atoms with E-state index in [1.54, 1.807) is 33.0 Å². The molecule has 0 aliphatic heterocycles. The third-order valence-electron chi connectivity index (χ3n) is 4.63. The Morgan fingerprint density at radius 2 is 1.74 bits per heavy atom. The molecule has 2 aromatic rings. The topological polar surface area (TPSA) is 76.2 Å². The summed E-state index contributed by atoms with van der Waals surface area (Å²) in [7, 11) is -0.808. The van der Waals surface area contributed by atoms with Gasteiger partial charge in [0.1, 0.15) is 0 Å². The van der Waals surface area contributed by atoms with Gasteiger partial charge in [0.05, 0.1) is 12.0 Å². The predicted octanol–water partition coefficient (Wildman–Crippen LogP) is 3.60. The first-order valence-electron chi connectivity index (χ1n) is 9.61. The maximum atomic E-state index is 12.9. The van der Waals surface area contributed by atoms with Crippen LogP contribution in [0.4, 0.5) is 8.78 Å². The Hall–Kier alpha value is -2.72. The van der Waals surface area contributed by atoms with Crippen LogP contribution in [0.5, 0.6) is 11.5 Å². The third kappa shape index (κ3) is 5.92. The molecule has 7 nitrogen and oxygen atoms in total. The lowest BCUT2D eigenvalue weighted by Crippen LogP contribution is -2.31. The molecule has 0 radical (unpaired) electrons. The molecule has 0 N–H and O–H groups in total. The van der Waals surface area contributed by atoms with Gasteiger partial charge in [-0.2, -0.15) is 13.1 Å². The molecule has 31 heavy (non-hydrogen) atoms. The summed E-state index contributed by atoms with van der Waals surface area (Å²) in [5.74, 6) is -0.376. The fourth-order valence-electron chi connectivity index (χ4n) is 3.07. The summed E-state index contributed by atoms with van der Waals surface area (Å²) in [4.78, 5) is 14.3. The number of alkyl halides is 2. The van der Waals surface area contributed by atoms with E-state index in [1.807, 2.05) is 0 Å². The number of hydrogen-bond donors (Lipinski definition) is 0. The normalized spacial score (nSPS) is 11.6. The summed E-state index contributed by atoms with van der Waals surface area (Å²) in [6.45, 7) is 1.31. The van der Waals surface area contributed by atoms with Gasteiger partial charge in [-0.1, -0.05) is 26.0 Å². The van der Waals surface area contributed by atoms with Crippen LogP contribution in [-0.4, -0.2) is 57.4 Å². The highest BCUT2D eigenvalue weighted by Gasteiger charge is 2.23. The van der Waals surface area contributed by atoms with E-state index in [-0.39, 0.29) is 34.4 Å². The highest BCUT2D eigenvalue weighted by molar-refractivity contribution is 7.89. The van der Waals surface area contributed by atoms with Crippen LogP contribution < -0.4 is 9.47 Å². The lowest BCUT2D eigenvalue weighted by Gasteiger charge is -2.20. The van der Waals surface area contributed by atoms with E-state index in [0.29, 0.717) is 18.7 Å². The molecule has 0 heterocycles. The van der Waals surface area contributed by atoms with Crippen molar-refractivity contribution in [2.75, 3.05) is 27.2 Å². The number of rotatable bonds is 10. The van der Waals surface area contributed by atoms with E-state index in [1.165, 1.54) is 46.6 Å². The number of benzene rings is 2. The second-order valence-corrected chi connectivity index (χ2v) is 8.58. The SMILES string of the molecule is CCN(CC)S(=O)(=O)c1cccc(C(=O)N(C)Cc2ccc(OC(F)F)c(OC)c2)c1. The molecule has 0 unspecified atom stereocenters. The summed E-state index contributed by atoms with van der Waals surface area (Å²) in [5, 5.41) is 0. The summed E-state index contributed by atoms with van der Waals surface area (Å²) in [6, 6.07) is 10.3. The molecule has 0 fully saturated rings. The maximum Gasteiger partial charge on any atom is 0.387 e. The van der Waals surface area contributed by atoms with Gasteiger partial charge >= 0.3 is 6.61 Å². The van der Waals surface area contributed by atoms with Gasteiger partial charge in [0.15, 0.2) is 11.5 Å². The van der Waals surface area contributed by atoms with Crippen molar-refractivity contribution in [1.82, 2.24) is 9.21 Å². The van der Waals surface area contributed by atoms with E-state index < -0.39 is 16.6 Å². The largest absolute Gasteiger partial charge is 0.493 e. The lowest BCUT2D eigenvalue weighted by molar-refractivity contribution is -0.0512. The van der Waals surface area contributed by atoms with Crippen LogP contribution in [-0.2, 0) is 16.6 Å². The number of halogens is 2. The van der Waals surface area contributed by atoms with Crippen LogP contribution in [0.2, 0.25) is 0 Å². The molecule has 0 aliphatic carbocycles. The Balaban J connectivity index is 2.23. The minimum absolute atomic E-state index is 0.0469. The van der Waals surface area contributed by atoms with Crippen LogP contribution in [0.25, 0.3) is 0 Å². The van der Waals surface area contributed by atoms with Crippen LogP contribution >= 0.6 is 0 Å².